The Kier molecular flexibility index (Phi) is 6.65. The van der Waals surface area contributed by atoms with E-state index in [-0.39, 0.29) is 11.8 Å². The van der Waals surface area contributed by atoms with E-state index in [1.54, 1.807) is 0 Å². The predicted octanol–water partition coefficient (Wildman–Crippen LogP) is 2.81. The van der Waals surface area contributed by atoms with E-state index in [2.05, 4.69) is 52.7 Å². The van der Waals surface area contributed by atoms with Crippen LogP contribution in [0.3, 0.4) is 0 Å². The summed E-state index contributed by atoms with van der Waals surface area (Å²) >= 11 is 0. The van der Waals surface area contributed by atoms with Gasteiger partial charge in [-0.2, -0.15) is 0 Å². The summed E-state index contributed by atoms with van der Waals surface area (Å²) in [5.74, 6) is -2.36. The van der Waals surface area contributed by atoms with Gasteiger partial charge < -0.3 is 20.5 Å². The van der Waals surface area contributed by atoms with Crippen LogP contribution in [-0.4, -0.2) is 63.6 Å². The quantitative estimate of drug-likeness (QED) is 0.530. The molecule has 1 aliphatic heterocycles. The van der Waals surface area contributed by atoms with Gasteiger partial charge in [0, 0.05) is 47.9 Å². The van der Waals surface area contributed by atoms with Crippen molar-refractivity contribution in [1.29, 1.82) is 0 Å². The Bertz CT molecular complexity index is 1110. The summed E-state index contributed by atoms with van der Waals surface area (Å²) in [6.45, 7) is 0.808. The molecule has 8 nitrogen and oxygen atoms in total. The molecule has 1 aromatic heterocycles. The normalized spacial score (nSPS) is 22.4. The molecule has 2 aromatic rings. The number of aliphatic carboxylic acids is 2. The first-order valence-electron chi connectivity index (χ1n) is 11.3. The lowest BCUT2D eigenvalue weighted by molar-refractivity contribution is -0.134. The molecule has 2 heterocycles. The number of likely N-dealkylation sites (N-methyl/N-ethyl adjacent to an activating group) is 1. The smallest absolute Gasteiger partial charge is 0.328 e. The van der Waals surface area contributed by atoms with E-state index < -0.39 is 11.9 Å². The predicted molar refractivity (Wildman–Crippen MR) is 125 cm³/mol. The molecule has 174 valence electrons. The molecule has 3 aliphatic rings. The molecule has 1 saturated carbocycles. The van der Waals surface area contributed by atoms with Gasteiger partial charge in [0.25, 0.3) is 0 Å². The van der Waals surface area contributed by atoms with Crippen LogP contribution in [0.25, 0.3) is 16.5 Å². The van der Waals surface area contributed by atoms with Crippen LogP contribution in [0.15, 0.2) is 42.6 Å². The molecular formula is C25H29N3O5. The summed E-state index contributed by atoms with van der Waals surface area (Å²) in [6, 6.07) is 7.23. The van der Waals surface area contributed by atoms with Gasteiger partial charge in [-0.05, 0) is 49.1 Å². The SMILES string of the molecule is CN1C[C@H](C(=O)NC2CCCC2)C=C2c3cccc4[nH]cc(c34)CC21.O=C(O)C=CC(=O)O. The summed E-state index contributed by atoms with van der Waals surface area (Å²) in [5, 5.41) is 20.3. The number of rotatable bonds is 4. The molecule has 0 spiro atoms. The monoisotopic (exact) mass is 451 g/mol. The number of benzene rings is 1. The molecule has 1 aromatic carbocycles. The molecule has 5 rings (SSSR count). The number of carbonyl (C=O) groups excluding carboxylic acids is 1. The molecule has 0 radical (unpaired) electrons. The highest BCUT2D eigenvalue weighted by molar-refractivity contribution is 5.99. The molecule has 1 amide bonds. The van der Waals surface area contributed by atoms with E-state index in [4.69, 9.17) is 10.2 Å². The standard InChI is InChI=1S/C21H25N3O.C4H4O4/c1-24-12-14(21(25)23-15-5-2-3-6-15)9-17-16-7-4-8-18-20(16)13(11-22-18)10-19(17)24;5-3(6)1-2-4(7)8/h4,7-9,11,14-15,19,22H,2-3,5-6,10,12H2,1H3,(H,23,25);1-2H,(H,5,6)(H,7,8)/t14-,19?;/m1./s1. The zero-order chi connectivity index (χ0) is 23.5. The minimum atomic E-state index is -1.26. The number of carbonyl (C=O) groups is 3. The van der Waals surface area contributed by atoms with Crippen LogP contribution in [0.5, 0.6) is 0 Å². The number of nitrogens with one attached hydrogen (secondary N) is 2. The van der Waals surface area contributed by atoms with Crippen molar-refractivity contribution < 1.29 is 24.6 Å². The maximum atomic E-state index is 12.8. The average molecular weight is 452 g/mol. The summed E-state index contributed by atoms with van der Waals surface area (Å²) in [4.78, 5) is 37.7. The Morgan fingerprint density at radius 1 is 1.12 bits per heavy atom. The van der Waals surface area contributed by atoms with Gasteiger partial charge >= 0.3 is 11.9 Å². The molecule has 2 aliphatic carbocycles. The average Bonchev–Trinajstić information content (AvgIpc) is 3.44. The van der Waals surface area contributed by atoms with Crippen LogP contribution >= 0.6 is 0 Å². The summed E-state index contributed by atoms with van der Waals surface area (Å²) in [5.41, 5.74) is 5.23. The first-order valence-corrected chi connectivity index (χ1v) is 11.3. The van der Waals surface area contributed by atoms with E-state index in [0.29, 0.717) is 24.2 Å². The van der Waals surface area contributed by atoms with Gasteiger partial charge in [0.15, 0.2) is 0 Å². The molecule has 1 unspecified atom stereocenters. The zero-order valence-electron chi connectivity index (χ0n) is 18.6. The van der Waals surface area contributed by atoms with Crippen LogP contribution in [-0.2, 0) is 20.8 Å². The minimum absolute atomic E-state index is 0.0485. The van der Waals surface area contributed by atoms with Crippen molar-refractivity contribution in [3.8, 4) is 0 Å². The second-order valence-corrected chi connectivity index (χ2v) is 8.93. The molecule has 33 heavy (non-hydrogen) atoms. The fourth-order valence-electron chi connectivity index (χ4n) is 5.14. The Morgan fingerprint density at radius 3 is 2.48 bits per heavy atom. The van der Waals surface area contributed by atoms with E-state index in [9.17, 15) is 14.4 Å². The number of H-pyrrole nitrogens is 1. The molecule has 4 N–H and O–H groups in total. The number of fused-ring (bicyclic) bond motifs is 2. The lowest BCUT2D eigenvalue weighted by Crippen LogP contribution is -2.47. The third-order valence-electron chi connectivity index (χ3n) is 6.68. The van der Waals surface area contributed by atoms with E-state index in [1.165, 1.54) is 40.4 Å². The van der Waals surface area contributed by atoms with Crippen LogP contribution in [0.2, 0.25) is 0 Å². The Balaban J connectivity index is 0.000000281. The first-order chi connectivity index (χ1) is 15.8. The first kappa shape index (κ1) is 22.8. The van der Waals surface area contributed by atoms with Crippen LogP contribution in [0, 0.1) is 5.92 Å². The third kappa shape index (κ3) is 5.01. The molecule has 8 heteroatoms. The van der Waals surface area contributed by atoms with E-state index in [1.807, 2.05) is 0 Å². The van der Waals surface area contributed by atoms with Gasteiger partial charge in [0.05, 0.1) is 5.92 Å². The van der Waals surface area contributed by atoms with Gasteiger partial charge in [-0.15, -0.1) is 0 Å². The molecule has 0 saturated heterocycles. The highest BCUT2D eigenvalue weighted by atomic mass is 16.4. The number of amides is 1. The number of hydrogen-bond donors (Lipinski definition) is 4. The summed E-state index contributed by atoms with van der Waals surface area (Å²) in [7, 11) is 2.16. The Morgan fingerprint density at radius 2 is 1.82 bits per heavy atom. The Hall–Kier alpha value is -3.39. The van der Waals surface area contributed by atoms with Crippen molar-refractivity contribution >= 4 is 34.3 Å². The maximum Gasteiger partial charge on any atom is 0.328 e. The van der Waals surface area contributed by atoms with Crippen molar-refractivity contribution in [1.82, 2.24) is 15.2 Å². The zero-order valence-corrected chi connectivity index (χ0v) is 18.6. The van der Waals surface area contributed by atoms with Gasteiger partial charge in [0.2, 0.25) is 5.91 Å². The highest BCUT2D eigenvalue weighted by Crippen LogP contribution is 2.40. The number of nitrogens with zero attached hydrogens (tertiary/aromatic N) is 1. The van der Waals surface area contributed by atoms with E-state index >= 15 is 0 Å². The van der Waals surface area contributed by atoms with Crippen molar-refractivity contribution in [2.45, 2.75) is 44.2 Å². The van der Waals surface area contributed by atoms with E-state index in [0.717, 1.165) is 25.8 Å². The maximum absolute atomic E-state index is 12.8. The second kappa shape index (κ2) is 9.62. The molecule has 1 fully saturated rings. The fraction of sp³-hybridized carbons (Fsp3) is 0.400. The fourth-order valence-corrected chi connectivity index (χ4v) is 5.14. The van der Waals surface area contributed by atoms with Gasteiger partial charge in [0.1, 0.15) is 0 Å². The minimum Gasteiger partial charge on any atom is -0.478 e. The van der Waals surface area contributed by atoms with Crippen LogP contribution in [0.4, 0.5) is 0 Å². The van der Waals surface area contributed by atoms with Crippen molar-refractivity contribution in [3.05, 3.63) is 53.8 Å². The van der Waals surface area contributed by atoms with Crippen molar-refractivity contribution in [2.24, 2.45) is 5.92 Å². The lowest BCUT2D eigenvalue weighted by atomic mass is 9.80. The van der Waals surface area contributed by atoms with Gasteiger partial charge in [-0.25, -0.2) is 9.59 Å². The summed E-state index contributed by atoms with van der Waals surface area (Å²) < 4.78 is 0. The Labute approximate surface area is 192 Å². The second-order valence-electron chi connectivity index (χ2n) is 8.93. The number of aromatic nitrogens is 1. The van der Waals surface area contributed by atoms with Crippen molar-refractivity contribution in [3.63, 3.8) is 0 Å². The topological polar surface area (TPSA) is 123 Å². The van der Waals surface area contributed by atoms with Crippen LogP contribution < -0.4 is 5.32 Å². The largest absolute Gasteiger partial charge is 0.478 e. The highest BCUT2D eigenvalue weighted by Gasteiger charge is 2.36. The summed E-state index contributed by atoms with van der Waals surface area (Å²) in [6.07, 6.45) is 11.3. The number of hydrogen-bond acceptors (Lipinski definition) is 4. The molecular weight excluding hydrogens is 422 g/mol. The molecule has 0 bridgehead atoms. The number of carboxylic acid groups (broad SMARTS) is 2. The number of carboxylic acids is 2. The third-order valence-corrected chi connectivity index (χ3v) is 6.68. The lowest BCUT2D eigenvalue weighted by Gasteiger charge is -2.39. The molecule has 2 atom stereocenters. The number of aromatic amines is 1. The van der Waals surface area contributed by atoms with Gasteiger partial charge in [-0.3, -0.25) is 9.69 Å². The van der Waals surface area contributed by atoms with Crippen LogP contribution in [0.1, 0.15) is 36.8 Å². The van der Waals surface area contributed by atoms with Crippen molar-refractivity contribution in [2.75, 3.05) is 13.6 Å². The van der Waals surface area contributed by atoms with Gasteiger partial charge in [-0.1, -0.05) is 31.1 Å².